The SMILES string of the molecule is COc1cc(/C=C2\SC(=O)N(CC(=O)N3CCCC3)C2=O)ccc1OCC(=O)Nc1ccc(Br)c(Cl)c1. The molecular weight excluding hydrogens is 586 g/mol. The van der Waals surface area contributed by atoms with Gasteiger partial charge in [0.05, 0.1) is 17.0 Å². The summed E-state index contributed by atoms with van der Waals surface area (Å²) in [6.45, 7) is 0.776. The average Bonchev–Trinajstić information content (AvgIpc) is 3.50. The quantitative estimate of drug-likeness (QED) is 0.430. The molecule has 2 aliphatic heterocycles. The normalized spacial score (nSPS) is 16.5. The maximum atomic E-state index is 12.8. The number of carbonyl (C=O) groups is 4. The van der Waals surface area contributed by atoms with Crippen LogP contribution in [0.4, 0.5) is 10.5 Å². The van der Waals surface area contributed by atoms with Crippen molar-refractivity contribution >= 4 is 74.0 Å². The van der Waals surface area contributed by atoms with Crippen molar-refractivity contribution in [3.05, 3.63) is 56.4 Å². The summed E-state index contributed by atoms with van der Waals surface area (Å²) in [5.41, 5.74) is 1.12. The summed E-state index contributed by atoms with van der Waals surface area (Å²) in [5, 5.41) is 2.69. The Labute approximate surface area is 231 Å². The molecule has 2 heterocycles. The number of nitrogens with zero attached hydrogens (tertiary/aromatic N) is 2. The van der Waals surface area contributed by atoms with Gasteiger partial charge in [-0.25, -0.2) is 0 Å². The lowest BCUT2D eigenvalue weighted by Gasteiger charge is -2.18. The zero-order valence-electron chi connectivity index (χ0n) is 19.8. The molecule has 0 saturated carbocycles. The van der Waals surface area contributed by atoms with Crippen molar-refractivity contribution in [1.82, 2.24) is 9.80 Å². The number of likely N-dealkylation sites (tertiary alicyclic amines) is 1. The van der Waals surface area contributed by atoms with Crippen LogP contribution in [0.5, 0.6) is 11.5 Å². The molecule has 2 aliphatic rings. The molecule has 2 fully saturated rings. The van der Waals surface area contributed by atoms with Gasteiger partial charge in [0.25, 0.3) is 17.1 Å². The molecular formula is C25H23BrClN3O6S. The number of anilines is 1. The zero-order chi connectivity index (χ0) is 26.5. The number of hydrogen-bond acceptors (Lipinski definition) is 7. The summed E-state index contributed by atoms with van der Waals surface area (Å²) in [4.78, 5) is 52.7. The van der Waals surface area contributed by atoms with E-state index in [1.165, 1.54) is 7.11 Å². The van der Waals surface area contributed by atoms with Crippen LogP contribution < -0.4 is 14.8 Å². The Kier molecular flexibility index (Phi) is 8.78. The Morgan fingerprint density at radius 3 is 2.59 bits per heavy atom. The molecule has 12 heteroatoms. The third-order valence-corrected chi connectivity index (χ3v) is 7.81. The first-order chi connectivity index (χ1) is 17.7. The van der Waals surface area contributed by atoms with E-state index in [0.29, 0.717) is 45.3 Å². The molecule has 0 unspecified atom stereocenters. The standard InChI is InChI=1S/C25H23BrClN3O6S/c1-35-20-10-15(4-7-19(20)36-14-22(31)28-16-5-6-17(26)18(27)12-16)11-21-24(33)30(25(34)37-21)13-23(32)29-8-2-3-9-29/h4-7,10-12H,2-3,8-9,13-14H2,1H3,(H,28,31)/b21-11-. The molecule has 4 rings (SSSR count). The van der Waals surface area contributed by atoms with Crippen LogP contribution in [0.15, 0.2) is 45.8 Å². The first kappa shape index (κ1) is 27.0. The fraction of sp³-hybridized carbons (Fsp3) is 0.280. The number of ether oxygens (including phenoxy) is 2. The fourth-order valence-electron chi connectivity index (χ4n) is 3.80. The molecule has 37 heavy (non-hydrogen) atoms. The number of benzene rings is 2. The zero-order valence-corrected chi connectivity index (χ0v) is 23.0. The van der Waals surface area contributed by atoms with Crippen LogP contribution in [0.3, 0.4) is 0 Å². The molecule has 0 aliphatic carbocycles. The summed E-state index contributed by atoms with van der Waals surface area (Å²) >= 11 is 10.1. The van der Waals surface area contributed by atoms with Crippen molar-refractivity contribution in [3.8, 4) is 11.5 Å². The summed E-state index contributed by atoms with van der Waals surface area (Å²) < 4.78 is 11.7. The lowest BCUT2D eigenvalue weighted by Crippen LogP contribution is -2.40. The fourth-order valence-corrected chi connectivity index (χ4v) is 5.06. The van der Waals surface area contributed by atoms with Crippen LogP contribution in [-0.2, 0) is 14.4 Å². The first-order valence-corrected chi connectivity index (χ1v) is 13.3. The lowest BCUT2D eigenvalue weighted by atomic mass is 10.2. The molecule has 0 spiro atoms. The number of methoxy groups -OCH3 is 1. The smallest absolute Gasteiger partial charge is 0.294 e. The van der Waals surface area contributed by atoms with Gasteiger partial charge in [0.2, 0.25) is 5.91 Å². The molecule has 4 amide bonds. The highest BCUT2D eigenvalue weighted by Gasteiger charge is 2.37. The number of nitrogens with one attached hydrogen (secondary N) is 1. The van der Waals surface area contributed by atoms with E-state index in [4.69, 9.17) is 21.1 Å². The van der Waals surface area contributed by atoms with Crippen molar-refractivity contribution in [2.45, 2.75) is 12.8 Å². The van der Waals surface area contributed by atoms with Gasteiger partial charge in [-0.1, -0.05) is 17.7 Å². The van der Waals surface area contributed by atoms with Crippen molar-refractivity contribution in [2.24, 2.45) is 0 Å². The van der Waals surface area contributed by atoms with Gasteiger partial charge >= 0.3 is 0 Å². The molecule has 2 saturated heterocycles. The van der Waals surface area contributed by atoms with E-state index in [0.717, 1.165) is 29.5 Å². The minimum Gasteiger partial charge on any atom is -0.493 e. The van der Waals surface area contributed by atoms with Crippen LogP contribution in [-0.4, -0.2) is 66.1 Å². The Bertz CT molecular complexity index is 1280. The molecule has 2 aromatic rings. The number of hydrogen-bond donors (Lipinski definition) is 1. The summed E-state index contributed by atoms with van der Waals surface area (Å²) in [7, 11) is 1.45. The Morgan fingerprint density at radius 2 is 1.89 bits per heavy atom. The Morgan fingerprint density at radius 1 is 1.14 bits per heavy atom. The van der Waals surface area contributed by atoms with Crippen molar-refractivity contribution in [3.63, 3.8) is 0 Å². The van der Waals surface area contributed by atoms with E-state index in [1.54, 1.807) is 47.4 Å². The van der Waals surface area contributed by atoms with Gasteiger partial charge < -0.3 is 19.7 Å². The largest absolute Gasteiger partial charge is 0.493 e. The molecule has 9 nitrogen and oxygen atoms in total. The highest BCUT2D eigenvalue weighted by molar-refractivity contribution is 9.10. The summed E-state index contributed by atoms with van der Waals surface area (Å²) in [6.07, 6.45) is 3.42. The number of thioether (sulfide) groups is 1. The third-order valence-electron chi connectivity index (χ3n) is 5.67. The van der Waals surface area contributed by atoms with Crippen LogP contribution in [0.1, 0.15) is 18.4 Å². The second kappa shape index (κ2) is 12.0. The van der Waals surface area contributed by atoms with Crippen molar-refractivity contribution < 1.29 is 28.7 Å². The van der Waals surface area contributed by atoms with Crippen LogP contribution >= 0.6 is 39.3 Å². The Balaban J connectivity index is 1.38. The van der Waals surface area contributed by atoms with Gasteiger partial charge in [0.15, 0.2) is 18.1 Å². The van der Waals surface area contributed by atoms with Gasteiger partial charge in [-0.2, -0.15) is 0 Å². The highest BCUT2D eigenvalue weighted by Crippen LogP contribution is 2.35. The first-order valence-electron chi connectivity index (χ1n) is 11.3. The average molecular weight is 609 g/mol. The van der Waals surface area contributed by atoms with Crippen LogP contribution in [0.2, 0.25) is 5.02 Å². The van der Waals surface area contributed by atoms with Crippen molar-refractivity contribution in [2.75, 3.05) is 38.7 Å². The molecule has 0 bridgehead atoms. The number of halogens is 2. The van der Waals surface area contributed by atoms with Gasteiger partial charge in [-0.15, -0.1) is 0 Å². The number of amides is 4. The van der Waals surface area contributed by atoms with E-state index >= 15 is 0 Å². The van der Waals surface area contributed by atoms with E-state index in [-0.39, 0.29) is 29.9 Å². The molecule has 0 atom stereocenters. The molecule has 1 N–H and O–H groups in total. The topological polar surface area (TPSA) is 105 Å². The second-order valence-electron chi connectivity index (χ2n) is 8.23. The number of carbonyl (C=O) groups excluding carboxylic acids is 4. The number of imide groups is 1. The van der Waals surface area contributed by atoms with E-state index in [1.807, 2.05) is 0 Å². The van der Waals surface area contributed by atoms with E-state index in [2.05, 4.69) is 21.2 Å². The molecule has 194 valence electrons. The second-order valence-corrected chi connectivity index (χ2v) is 10.5. The third kappa shape index (κ3) is 6.65. The highest BCUT2D eigenvalue weighted by atomic mass is 79.9. The summed E-state index contributed by atoms with van der Waals surface area (Å²) in [5.74, 6) is -0.450. The Hall–Kier alpha value is -3.02. The minimum atomic E-state index is -0.508. The van der Waals surface area contributed by atoms with Gasteiger partial charge in [0.1, 0.15) is 6.54 Å². The van der Waals surface area contributed by atoms with E-state index < -0.39 is 11.1 Å². The van der Waals surface area contributed by atoms with Gasteiger partial charge in [0, 0.05) is 23.2 Å². The predicted octanol–water partition coefficient (Wildman–Crippen LogP) is 4.79. The predicted molar refractivity (Wildman–Crippen MR) is 145 cm³/mol. The number of rotatable bonds is 8. The molecule has 0 radical (unpaired) electrons. The monoisotopic (exact) mass is 607 g/mol. The van der Waals surface area contributed by atoms with Gasteiger partial charge in [-0.3, -0.25) is 24.1 Å². The van der Waals surface area contributed by atoms with Gasteiger partial charge in [-0.05, 0) is 82.5 Å². The van der Waals surface area contributed by atoms with E-state index in [9.17, 15) is 19.2 Å². The summed E-state index contributed by atoms with van der Waals surface area (Å²) in [6, 6.07) is 9.95. The van der Waals surface area contributed by atoms with Crippen LogP contribution in [0.25, 0.3) is 6.08 Å². The molecule has 2 aromatic carbocycles. The van der Waals surface area contributed by atoms with Crippen LogP contribution in [0, 0.1) is 0 Å². The maximum Gasteiger partial charge on any atom is 0.294 e. The van der Waals surface area contributed by atoms with Crippen molar-refractivity contribution in [1.29, 1.82) is 0 Å². The lowest BCUT2D eigenvalue weighted by molar-refractivity contribution is -0.135. The maximum absolute atomic E-state index is 12.8. The molecule has 0 aromatic heterocycles. The minimum absolute atomic E-state index is 0.211.